The van der Waals surface area contributed by atoms with Crippen LogP contribution in [-0.4, -0.2) is 12.6 Å². The maximum Gasteiger partial charge on any atom is 0.0161 e. The molecule has 2 atom stereocenters. The number of nitrogens with one attached hydrogen (secondary N) is 1. The molecular formula is C13H25N. The van der Waals surface area contributed by atoms with Crippen LogP contribution in [0.2, 0.25) is 0 Å². The number of hydrogen-bond donors (Lipinski definition) is 1. The van der Waals surface area contributed by atoms with Crippen LogP contribution >= 0.6 is 0 Å². The molecule has 0 aromatic heterocycles. The van der Waals surface area contributed by atoms with E-state index in [0.717, 1.165) is 24.4 Å². The van der Waals surface area contributed by atoms with Crippen molar-refractivity contribution < 1.29 is 0 Å². The largest absolute Gasteiger partial charge is 0.310 e. The Balaban J connectivity index is 2.29. The highest BCUT2D eigenvalue weighted by Gasteiger charge is 2.23. The van der Waals surface area contributed by atoms with Gasteiger partial charge in [0.15, 0.2) is 0 Å². The van der Waals surface area contributed by atoms with Crippen molar-refractivity contribution in [2.75, 3.05) is 6.54 Å². The van der Waals surface area contributed by atoms with Gasteiger partial charge in [-0.1, -0.05) is 38.8 Å². The van der Waals surface area contributed by atoms with Crippen molar-refractivity contribution in [1.29, 1.82) is 0 Å². The minimum atomic E-state index is 0.743. The summed E-state index contributed by atoms with van der Waals surface area (Å²) in [4.78, 5) is 0. The summed E-state index contributed by atoms with van der Waals surface area (Å²) in [5.41, 5.74) is 1.25. The molecule has 1 nitrogen and oxygen atoms in total. The van der Waals surface area contributed by atoms with E-state index in [0.29, 0.717) is 0 Å². The normalized spacial score (nSPS) is 28.0. The monoisotopic (exact) mass is 195 g/mol. The van der Waals surface area contributed by atoms with E-state index in [4.69, 9.17) is 0 Å². The molecule has 0 radical (unpaired) electrons. The summed E-state index contributed by atoms with van der Waals surface area (Å²) < 4.78 is 0. The van der Waals surface area contributed by atoms with Gasteiger partial charge in [0.05, 0.1) is 0 Å². The van der Waals surface area contributed by atoms with E-state index in [1.807, 2.05) is 0 Å². The predicted octanol–water partition coefficient (Wildman–Crippen LogP) is 3.37. The molecule has 0 spiro atoms. The molecule has 1 aliphatic rings. The summed E-state index contributed by atoms with van der Waals surface area (Å²) in [5, 5.41) is 3.61. The first-order valence-electron chi connectivity index (χ1n) is 5.97. The lowest BCUT2D eigenvalue weighted by atomic mass is 9.79. The Morgan fingerprint density at radius 1 is 1.43 bits per heavy atom. The molecule has 82 valence electrons. The first-order valence-corrected chi connectivity index (χ1v) is 5.97. The lowest BCUT2D eigenvalue weighted by Gasteiger charge is -2.32. The highest BCUT2D eigenvalue weighted by Crippen LogP contribution is 2.29. The van der Waals surface area contributed by atoms with Crippen LogP contribution < -0.4 is 5.32 Å². The lowest BCUT2D eigenvalue weighted by Crippen LogP contribution is -2.36. The Labute approximate surface area is 89.0 Å². The summed E-state index contributed by atoms with van der Waals surface area (Å²) in [7, 11) is 0. The summed E-state index contributed by atoms with van der Waals surface area (Å²) in [6, 6.07) is 0.743. The molecule has 0 heterocycles. The quantitative estimate of drug-likeness (QED) is 0.678. The van der Waals surface area contributed by atoms with E-state index in [9.17, 15) is 0 Å². The maximum absolute atomic E-state index is 3.93. The second-order valence-electron chi connectivity index (χ2n) is 5.21. The second kappa shape index (κ2) is 5.55. The third-order valence-electron chi connectivity index (χ3n) is 3.35. The van der Waals surface area contributed by atoms with Crippen molar-refractivity contribution >= 4 is 0 Å². The van der Waals surface area contributed by atoms with Gasteiger partial charge in [0, 0.05) is 12.6 Å². The highest BCUT2D eigenvalue weighted by atomic mass is 14.9. The van der Waals surface area contributed by atoms with E-state index < -0.39 is 0 Å². The Morgan fingerprint density at radius 2 is 2.14 bits per heavy atom. The highest BCUT2D eigenvalue weighted by molar-refractivity contribution is 4.92. The van der Waals surface area contributed by atoms with Crippen LogP contribution in [0.1, 0.15) is 46.5 Å². The van der Waals surface area contributed by atoms with Gasteiger partial charge >= 0.3 is 0 Å². The number of hydrogen-bond acceptors (Lipinski definition) is 1. The molecule has 0 saturated heterocycles. The van der Waals surface area contributed by atoms with Crippen LogP contribution in [0.3, 0.4) is 0 Å². The first-order chi connectivity index (χ1) is 6.59. The molecule has 1 saturated carbocycles. The molecule has 0 aliphatic heterocycles. The molecule has 0 bridgehead atoms. The van der Waals surface area contributed by atoms with Gasteiger partial charge in [-0.05, 0) is 31.6 Å². The third kappa shape index (κ3) is 3.83. The van der Waals surface area contributed by atoms with Gasteiger partial charge in [-0.2, -0.15) is 0 Å². The van der Waals surface area contributed by atoms with E-state index in [1.54, 1.807) is 0 Å². The molecule has 0 aromatic rings. The molecular weight excluding hydrogens is 170 g/mol. The fourth-order valence-corrected chi connectivity index (χ4v) is 2.34. The molecule has 0 amide bonds. The lowest BCUT2D eigenvalue weighted by molar-refractivity contribution is 0.234. The maximum atomic E-state index is 3.93. The third-order valence-corrected chi connectivity index (χ3v) is 3.35. The van der Waals surface area contributed by atoms with Gasteiger partial charge in [0.2, 0.25) is 0 Å². The average molecular weight is 195 g/mol. The summed E-state index contributed by atoms with van der Waals surface area (Å²) in [6.45, 7) is 11.7. The van der Waals surface area contributed by atoms with Gasteiger partial charge in [-0.15, -0.1) is 0 Å². The molecule has 2 unspecified atom stereocenters. The molecule has 1 rings (SSSR count). The van der Waals surface area contributed by atoms with Crippen molar-refractivity contribution in [2.45, 2.75) is 52.5 Å². The van der Waals surface area contributed by atoms with E-state index in [-0.39, 0.29) is 0 Å². The van der Waals surface area contributed by atoms with E-state index in [2.05, 4.69) is 32.7 Å². The molecule has 1 N–H and O–H groups in total. The van der Waals surface area contributed by atoms with Crippen molar-refractivity contribution in [1.82, 2.24) is 5.32 Å². The zero-order chi connectivity index (χ0) is 10.6. The fraction of sp³-hybridized carbons (Fsp3) is 0.846. The van der Waals surface area contributed by atoms with Crippen molar-refractivity contribution in [3.05, 3.63) is 12.2 Å². The zero-order valence-electron chi connectivity index (χ0n) is 9.97. The molecule has 1 heteroatoms. The zero-order valence-corrected chi connectivity index (χ0v) is 9.97. The van der Waals surface area contributed by atoms with Gasteiger partial charge in [-0.25, -0.2) is 0 Å². The van der Waals surface area contributed by atoms with E-state index >= 15 is 0 Å². The molecule has 1 fully saturated rings. The first kappa shape index (κ1) is 11.8. The van der Waals surface area contributed by atoms with Crippen LogP contribution in [0.15, 0.2) is 12.2 Å². The molecule has 1 aliphatic carbocycles. The van der Waals surface area contributed by atoms with Crippen molar-refractivity contribution in [3.63, 3.8) is 0 Å². The Kier molecular flexibility index (Phi) is 4.67. The van der Waals surface area contributed by atoms with Crippen LogP contribution in [0, 0.1) is 11.8 Å². The SMILES string of the molecule is C=C(C)CNC1CCCC(C(C)C)C1. The molecule has 0 aromatic carbocycles. The van der Waals surface area contributed by atoms with Crippen molar-refractivity contribution in [2.24, 2.45) is 11.8 Å². The van der Waals surface area contributed by atoms with Crippen LogP contribution in [0.25, 0.3) is 0 Å². The molecule has 14 heavy (non-hydrogen) atoms. The minimum Gasteiger partial charge on any atom is -0.310 e. The van der Waals surface area contributed by atoms with Crippen LogP contribution in [-0.2, 0) is 0 Å². The van der Waals surface area contributed by atoms with Crippen molar-refractivity contribution in [3.8, 4) is 0 Å². The van der Waals surface area contributed by atoms with E-state index in [1.165, 1.54) is 31.3 Å². The smallest absolute Gasteiger partial charge is 0.0161 e. The fourth-order valence-electron chi connectivity index (χ4n) is 2.34. The minimum absolute atomic E-state index is 0.743. The Morgan fingerprint density at radius 3 is 2.71 bits per heavy atom. The van der Waals surface area contributed by atoms with Gasteiger partial charge in [0.1, 0.15) is 0 Å². The summed E-state index contributed by atoms with van der Waals surface area (Å²) in [5.74, 6) is 1.79. The van der Waals surface area contributed by atoms with Gasteiger partial charge in [0.25, 0.3) is 0 Å². The van der Waals surface area contributed by atoms with Crippen LogP contribution in [0.4, 0.5) is 0 Å². The van der Waals surface area contributed by atoms with Gasteiger partial charge in [-0.3, -0.25) is 0 Å². The summed E-state index contributed by atoms with van der Waals surface area (Å²) in [6.07, 6.45) is 5.56. The Bertz CT molecular complexity index is 184. The standard InChI is InChI=1S/C13H25N/c1-10(2)9-14-13-7-5-6-12(8-13)11(3)4/h11-14H,1,5-9H2,2-4H3. The second-order valence-corrected chi connectivity index (χ2v) is 5.21. The predicted molar refractivity (Wildman–Crippen MR) is 63.4 cm³/mol. The average Bonchev–Trinajstić information content (AvgIpc) is 2.15. The van der Waals surface area contributed by atoms with Crippen LogP contribution in [0.5, 0.6) is 0 Å². The topological polar surface area (TPSA) is 12.0 Å². The number of rotatable bonds is 4. The van der Waals surface area contributed by atoms with Gasteiger partial charge < -0.3 is 5.32 Å². The Hall–Kier alpha value is -0.300. The summed E-state index contributed by atoms with van der Waals surface area (Å²) >= 11 is 0.